The maximum Gasteiger partial charge on any atom is 0.119 e. The van der Waals surface area contributed by atoms with Crippen molar-refractivity contribution in [2.45, 2.75) is 32.6 Å². The van der Waals surface area contributed by atoms with Crippen molar-refractivity contribution < 1.29 is 4.74 Å². The van der Waals surface area contributed by atoms with Gasteiger partial charge in [0, 0.05) is 5.92 Å². The van der Waals surface area contributed by atoms with E-state index in [9.17, 15) is 0 Å². The van der Waals surface area contributed by atoms with E-state index in [4.69, 9.17) is 4.74 Å². The highest BCUT2D eigenvalue weighted by molar-refractivity contribution is 5.35. The minimum Gasteiger partial charge on any atom is -0.494 e. The number of unbranched alkanes of at least 4 members (excludes halogenated alkanes) is 1. The van der Waals surface area contributed by atoms with Crippen molar-refractivity contribution in [2.75, 3.05) is 6.61 Å². The first kappa shape index (κ1) is 13.7. The number of hydrogen-bond acceptors (Lipinski definition) is 1. The van der Waals surface area contributed by atoms with Crippen LogP contribution in [0.15, 0.2) is 54.6 Å². The maximum atomic E-state index is 5.69. The summed E-state index contributed by atoms with van der Waals surface area (Å²) in [5.74, 6) is 1.39. The van der Waals surface area contributed by atoms with Gasteiger partial charge in [0.1, 0.15) is 5.75 Å². The van der Waals surface area contributed by atoms with E-state index in [2.05, 4.69) is 68.4 Å². The molecule has 0 radical (unpaired) electrons. The average Bonchev–Trinajstić information content (AvgIpc) is 2.48. The molecule has 0 saturated heterocycles. The summed E-state index contributed by atoms with van der Waals surface area (Å²) in [6.07, 6.45) is 2.28. The lowest BCUT2D eigenvalue weighted by Crippen LogP contribution is -1.98. The van der Waals surface area contributed by atoms with Crippen molar-refractivity contribution in [3.63, 3.8) is 0 Å². The van der Waals surface area contributed by atoms with E-state index < -0.39 is 0 Å². The van der Waals surface area contributed by atoms with Gasteiger partial charge in [-0.1, -0.05) is 62.7 Å². The molecule has 0 amide bonds. The molecular formula is C18H22O. The van der Waals surface area contributed by atoms with E-state index in [1.54, 1.807) is 0 Å². The highest BCUT2D eigenvalue weighted by Crippen LogP contribution is 2.25. The molecule has 2 aromatic rings. The standard InChI is InChI=1S/C18H22O/c1-3-4-14-19-18-12-10-17(11-13-18)15(2)16-8-6-5-7-9-16/h5-13,15H,3-4,14H2,1-2H3. The molecule has 0 aliphatic heterocycles. The van der Waals surface area contributed by atoms with Crippen LogP contribution in [0.25, 0.3) is 0 Å². The Kier molecular flexibility index (Phi) is 5.02. The summed E-state index contributed by atoms with van der Waals surface area (Å²) in [7, 11) is 0. The summed E-state index contributed by atoms with van der Waals surface area (Å²) in [6.45, 7) is 5.22. The topological polar surface area (TPSA) is 9.23 Å². The van der Waals surface area contributed by atoms with Crippen LogP contribution in [0.3, 0.4) is 0 Å². The van der Waals surface area contributed by atoms with Gasteiger partial charge in [-0.15, -0.1) is 0 Å². The molecule has 0 aliphatic rings. The first-order chi connectivity index (χ1) is 9.31. The third-order valence-electron chi connectivity index (χ3n) is 3.45. The second-order valence-electron chi connectivity index (χ2n) is 4.90. The molecule has 2 aromatic carbocycles. The van der Waals surface area contributed by atoms with Crippen molar-refractivity contribution >= 4 is 0 Å². The van der Waals surface area contributed by atoms with Crippen LogP contribution in [0, 0.1) is 0 Å². The zero-order valence-corrected chi connectivity index (χ0v) is 11.8. The lowest BCUT2D eigenvalue weighted by atomic mass is 9.93. The molecule has 0 bridgehead atoms. The van der Waals surface area contributed by atoms with E-state index in [1.807, 2.05) is 0 Å². The molecule has 0 fully saturated rings. The van der Waals surface area contributed by atoms with Crippen molar-refractivity contribution in [1.82, 2.24) is 0 Å². The monoisotopic (exact) mass is 254 g/mol. The molecule has 1 atom stereocenters. The fourth-order valence-corrected chi connectivity index (χ4v) is 2.12. The van der Waals surface area contributed by atoms with Crippen LogP contribution in [0.2, 0.25) is 0 Å². The predicted molar refractivity (Wildman–Crippen MR) is 80.8 cm³/mol. The Morgan fingerprint density at radius 2 is 1.53 bits per heavy atom. The molecule has 1 heteroatoms. The number of hydrogen-bond donors (Lipinski definition) is 0. The maximum absolute atomic E-state index is 5.69. The second-order valence-corrected chi connectivity index (χ2v) is 4.90. The van der Waals surface area contributed by atoms with Gasteiger partial charge in [-0.25, -0.2) is 0 Å². The highest BCUT2D eigenvalue weighted by atomic mass is 16.5. The summed E-state index contributed by atoms with van der Waals surface area (Å²) in [4.78, 5) is 0. The lowest BCUT2D eigenvalue weighted by Gasteiger charge is -2.13. The molecule has 2 rings (SSSR count). The van der Waals surface area contributed by atoms with E-state index in [0.29, 0.717) is 5.92 Å². The average molecular weight is 254 g/mol. The summed E-state index contributed by atoms with van der Waals surface area (Å²) in [5.41, 5.74) is 2.68. The normalized spacial score (nSPS) is 12.1. The van der Waals surface area contributed by atoms with Crippen LogP contribution in [0.5, 0.6) is 5.75 Å². The van der Waals surface area contributed by atoms with Crippen LogP contribution in [-0.2, 0) is 0 Å². The Bertz CT molecular complexity index is 473. The SMILES string of the molecule is CCCCOc1ccc(C(C)c2ccccc2)cc1. The number of benzene rings is 2. The van der Waals surface area contributed by atoms with E-state index in [1.165, 1.54) is 17.5 Å². The quantitative estimate of drug-likeness (QED) is 0.658. The highest BCUT2D eigenvalue weighted by Gasteiger charge is 2.07. The first-order valence-electron chi connectivity index (χ1n) is 7.09. The Hall–Kier alpha value is -1.76. The molecule has 1 nitrogen and oxygen atoms in total. The summed E-state index contributed by atoms with van der Waals surface area (Å²) in [5, 5.41) is 0. The predicted octanol–water partition coefficient (Wildman–Crippen LogP) is 5.02. The van der Waals surface area contributed by atoms with Gasteiger partial charge in [-0.3, -0.25) is 0 Å². The molecular weight excluding hydrogens is 232 g/mol. The smallest absolute Gasteiger partial charge is 0.119 e. The minimum absolute atomic E-state index is 0.422. The Morgan fingerprint density at radius 3 is 2.16 bits per heavy atom. The number of ether oxygens (including phenoxy) is 1. The largest absolute Gasteiger partial charge is 0.494 e. The van der Waals surface area contributed by atoms with Gasteiger partial charge in [0.15, 0.2) is 0 Å². The van der Waals surface area contributed by atoms with Gasteiger partial charge >= 0.3 is 0 Å². The zero-order valence-electron chi connectivity index (χ0n) is 11.8. The van der Waals surface area contributed by atoms with Crippen molar-refractivity contribution in [2.24, 2.45) is 0 Å². The van der Waals surface area contributed by atoms with E-state index in [0.717, 1.165) is 18.8 Å². The molecule has 0 heterocycles. The van der Waals surface area contributed by atoms with Crippen LogP contribution in [0.1, 0.15) is 43.7 Å². The third kappa shape index (κ3) is 3.85. The van der Waals surface area contributed by atoms with Crippen LogP contribution in [-0.4, -0.2) is 6.61 Å². The molecule has 0 aromatic heterocycles. The Balaban J connectivity index is 2.02. The van der Waals surface area contributed by atoms with E-state index >= 15 is 0 Å². The van der Waals surface area contributed by atoms with Gasteiger partial charge in [0.2, 0.25) is 0 Å². The minimum atomic E-state index is 0.422. The van der Waals surface area contributed by atoms with Gasteiger partial charge in [-0.05, 0) is 29.7 Å². The molecule has 19 heavy (non-hydrogen) atoms. The van der Waals surface area contributed by atoms with Crippen LogP contribution < -0.4 is 4.74 Å². The molecule has 0 aliphatic carbocycles. The van der Waals surface area contributed by atoms with Crippen molar-refractivity contribution in [3.05, 3.63) is 65.7 Å². The zero-order chi connectivity index (χ0) is 13.5. The van der Waals surface area contributed by atoms with Crippen molar-refractivity contribution in [3.8, 4) is 5.75 Å². The first-order valence-corrected chi connectivity index (χ1v) is 7.09. The van der Waals surface area contributed by atoms with Crippen LogP contribution >= 0.6 is 0 Å². The molecule has 1 unspecified atom stereocenters. The third-order valence-corrected chi connectivity index (χ3v) is 3.45. The van der Waals surface area contributed by atoms with Gasteiger partial charge in [0.25, 0.3) is 0 Å². The number of rotatable bonds is 6. The van der Waals surface area contributed by atoms with Crippen LogP contribution in [0.4, 0.5) is 0 Å². The Labute approximate surface area is 116 Å². The fourth-order valence-electron chi connectivity index (χ4n) is 2.12. The molecule has 0 spiro atoms. The molecule has 100 valence electrons. The summed E-state index contributed by atoms with van der Waals surface area (Å²) < 4.78 is 5.69. The fraction of sp³-hybridized carbons (Fsp3) is 0.333. The second kappa shape index (κ2) is 6.98. The summed E-state index contributed by atoms with van der Waals surface area (Å²) >= 11 is 0. The summed E-state index contributed by atoms with van der Waals surface area (Å²) in [6, 6.07) is 19.1. The van der Waals surface area contributed by atoms with E-state index in [-0.39, 0.29) is 0 Å². The van der Waals surface area contributed by atoms with Crippen molar-refractivity contribution in [1.29, 1.82) is 0 Å². The van der Waals surface area contributed by atoms with Gasteiger partial charge in [-0.2, -0.15) is 0 Å². The van der Waals surface area contributed by atoms with Gasteiger partial charge in [0.05, 0.1) is 6.61 Å². The molecule has 0 N–H and O–H groups in total. The lowest BCUT2D eigenvalue weighted by molar-refractivity contribution is 0.309. The van der Waals surface area contributed by atoms with Gasteiger partial charge < -0.3 is 4.74 Å². The molecule has 0 saturated carbocycles. The Morgan fingerprint density at radius 1 is 0.895 bits per heavy atom.